The van der Waals surface area contributed by atoms with Crippen LogP contribution in [0.15, 0.2) is 12.1 Å². The van der Waals surface area contributed by atoms with Gasteiger partial charge in [-0.05, 0) is 12.5 Å². The van der Waals surface area contributed by atoms with Crippen molar-refractivity contribution in [2.75, 3.05) is 34.4 Å². The molecule has 25 heavy (non-hydrogen) atoms. The Morgan fingerprint density at radius 3 is 2.52 bits per heavy atom. The lowest BCUT2D eigenvalue weighted by Crippen LogP contribution is -2.33. The molecule has 0 unspecified atom stereocenters. The van der Waals surface area contributed by atoms with Crippen LogP contribution in [0.25, 0.3) is 0 Å². The van der Waals surface area contributed by atoms with Crippen LogP contribution in [0.1, 0.15) is 12.0 Å². The molecule has 1 saturated heterocycles. The second kappa shape index (κ2) is 7.82. The number of hydrogen-bond acceptors (Lipinski definition) is 6. The third-order valence-corrected chi connectivity index (χ3v) is 4.19. The molecule has 1 heterocycles. The van der Waals surface area contributed by atoms with E-state index in [1.807, 2.05) is 0 Å². The molecule has 0 bridgehead atoms. The summed E-state index contributed by atoms with van der Waals surface area (Å²) in [6, 6.07) is 2.84. The average molecular weight is 351 g/mol. The van der Waals surface area contributed by atoms with Crippen LogP contribution < -0.4 is 14.8 Å². The second-order valence-corrected chi connectivity index (χ2v) is 5.81. The van der Waals surface area contributed by atoms with E-state index in [0.29, 0.717) is 17.9 Å². The Balaban J connectivity index is 2.03. The number of benzene rings is 1. The molecule has 0 spiro atoms. The molecule has 1 aromatic rings. The maximum Gasteiger partial charge on any atom is 0.276 e. The van der Waals surface area contributed by atoms with E-state index in [0.717, 1.165) is 0 Å². The van der Waals surface area contributed by atoms with Crippen molar-refractivity contribution in [2.24, 2.45) is 5.92 Å². The lowest BCUT2D eigenvalue weighted by molar-refractivity contribution is -0.385. The number of ether oxygens (including phenoxy) is 2. The van der Waals surface area contributed by atoms with Gasteiger partial charge >= 0.3 is 0 Å². The molecule has 136 valence electrons. The number of nitro benzene ring substituents is 1. The van der Waals surface area contributed by atoms with E-state index in [4.69, 9.17) is 9.47 Å². The Labute approximate surface area is 145 Å². The van der Waals surface area contributed by atoms with Crippen LogP contribution in [-0.2, 0) is 16.0 Å². The Morgan fingerprint density at radius 1 is 1.36 bits per heavy atom. The normalized spacial score (nSPS) is 16.7. The predicted octanol–water partition coefficient (Wildman–Crippen LogP) is 0.749. The number of likely N-dealkylation sites (tertiary alicyclic amines) is 1. The Kier molecular flexibility index (Phi) is 5.79. The lowest BCUT2D eigenvalue weighted by atomic mass is 10.1. The number of rotatable bonds is 7. The first-order valence-electron chi connectivity index (χ1n) is 7.78. The van der Waals surface area contributed by atoms with Gasteiger partial charge in [-0.15, -0.1) is 0 Å². The zero-order valence-electron chi connectivity index (χ0n) is 14.4. The Morgan fingerprint density at radius 2 is 2.00 bits per heavy atom. The quantitative estimate of drug-likeness (QED) is 0.573. The van der Waals surface area contributed by atoms with Gasteiger partial charge in [0, 0.05) is 32.1 Å². The van der Waals surface area contributed by atoms with Crippen LogP contribution in [0.5, 0.6) is 11.5 Å². The van der Waals surface area contributed by atoms with Crippen molar-refractivity contribution in [3.63, 3.8) is 0 Å². The van der Waals surface area contributed by atoms with Crippen molar-refractivity contribution < 1.29 is 24.0 Å². The van der Waals surface area contributed by atoms with Crippen molar-refractivity contribution in [3.8, 4) is 11.5 Å². The van der Waals surface area contributed by atoms with E-state index in [1.165, 1.54) is 31.3 Å². The Bertz CT molecular complexity index is 691. The predicted molar refractivity (Wildman–Crippen MR) is 88.7 cm³/mol. The summed E-state index contributed by atoms with van der Waals surface area (Å²) < 4.78 is 10.2. The minimum absolute atomic E-state index is 0.0596. The van der Waals surface area contributed by atoms with Crippen molar-refractivity contribution in [1.82, 2.24) is 10.2 Å². The highest BCUT2D eigenvalue weighted by Gasteiger charge is 2.31. The summed E-state index contributed by atoms with van der Waals surface area (Å²) in [5.74, 6) is 0.00123. The molecule has 1 aliphatic heterocycles. The number of carbonyl (C=O) groups excluding carboxylic acids is 2. The molecule has 2 amide bonds. The summed E-state index contributed by atoms with van der Waals surface area (Å²) in [7, 11) is 4.51. The van der Waals surface area contributed by atoms with Gasteiger partial charge in [0.05, 0.1) is 31.1 Å². The van der Waals surface area contributed by atoms with Gasteiger partial charge in [0.15, 0.2) is 11.5 Å². The van der Waals surface area contributed by atoms with Gasteiger partial charge in [-0.2, -0.15) is 0 Å². The molecule has 1 N–H and O–H groups in total. The maximum atomic E-state index is 12.1. The van der Waals surface area contributed by atoms with Crippen molar-refractivity contribution in [3.05, 3.63) is 27.8 Å². The fourth-order valence-electron chi connectivity index (χ4n) is 2.78. The van der Waals surface area contributed by atoms with Gasteiger partial charge in [0.25, 0.3) is 5.69 Å². The summed E-state index contributed by atoms with van der Waals surface area (Å²) in [5.41, 5.74) is 0.338. The van der Waals surface area contributed by atoms with Crippen LogP contribution in [0.2, 0.25) is 0 Å². The van der Waals surface area contributed by atoms with E-state index in [-0.39, 0.29) is 48.6 Å². The lowest BCUT2D eigenvalue weighted by Gasteiger charge is -2.12. The van der Waals surface area contributed by atoms with Crippen molar-refractivity contribution in [2.45, 2.75) is 12.8 Å². The third-order valence-electron chi connectivity index (χ3n) is 4.19. The average Bonchev–Trinajstić information content (AvgIpc) is 2.93. The second-order valence-electron chi connectivity index (χ2n) is 5.81. The zero-order valence-corrected chi connectivity index (χ0v) is 14.4. The molecule has 9 heteroatoms. The number of carbonyl (C=O) groups is 2. The fraction of sp³-hybridized carbons (Fsp3) is 0.500. The number of nitro groups is 1. The molecule has 1 fully saturated rings. The van der Waals surface area contributed by atoms with Crippen molar-refractivity contribution >= 4 is 17.5 Å². The number of hydrogen-bond donors (Lipinski definition) is 1. The minimum Gasteiger partial charge on any atom is -0.493 e. The molecular formula is C16H21N3O6. The first-order valence-corrected chi connectivity index (χ1v) is 7.78. The molecule has 1 aliphatic rings. The van der Waals surface area contributed by atoms with E-state index in [9.17, 15) is 19.7 Å². The Hall–Kier alpha value is -2.84. The smallest absolute Gasteiger partial charge is 0.276 e. The fourth-order valence-corrected chi connectivity index (χ4v) is 2.78. The van der Waals surface area contributed by atoms with E-state index >= 15 is 0 Å². The summed E-state index contributed by atoms with van der Waals surface area (Å²) in [4.78, 5) is 35.8. The molecule has 0 aliphatic carbocycles. The van der Waals surface area contributed by atoms with E-state index in [2.05, 4.69) is 5.32 Å². The van der Waals surface area contributed by atoms with Crippen LogP contribution in [0.4, 0.5) is 5.69 Å². The molecule has 1 aromatic carbocycles. The summed E-state index contributed by atoms with van der Waals surface area (Å²) in [5, 5.41) is 14.0. The zero-order chi connectivity index (χ0) is 18.6. The number of amides is 2. The molecular weight excluding hydrogens is 330 g/mol. The highest BCUT2D eigenvalue weighted by atomic mass is 16.6. The molecule has 0 saturated carbocycles. The van der Waals surface area contributed by atoms with E-state index in [1.54, 1.807) is 7.05 Å². The standard InChI is InChI=1S/C16H21N3O6/c1-18-9-11(7-15(18)20)16(21)17-5-4-10-6-13(24-2)14(25-3)8-12(10)19(22)23/h6,8,11H,4-5,7,9H2,1-3H3,(H,17,21)/t11-/m0/s1. The molecule has 9 nitrogen and oxygen atoms in total. The number of nitrogens with zero attached hydrogens (tertiary/aromatic N) is 2. The molecule has 1 atom stereocenters. The first kappa shape index (κ1) is 18.5. The highest BCUT2D eigenvalue weighted by molar-refractivity contribution is 5.89. The maximum absolute atomic E-state index is 12.1. The summed E-state index contributed by atoms with van der Waals surface area (Å²) >= 11 is 0. The number of methoxy groups -OCH3 is 2. The van der Waals surface area contributed by atoms with Gasteiger partial charge in [-0.1, -0.05) is 0 Å². The topological polar surface area (TPSA) is 111 Å². The highest BCUT2D eigenvalue weighted by Crippen LogP contribution is 2.34. The monoisotopic (exact) mass is 351 g/mol. The van der Waals surface area contributed by atoms with Gasteiger partial charge in [0.2, 0.25) is 11.8 Å². The first-order chi connectivity index (χ1) is 11.9. The van der Waals surface area contributed by atoms with Crippen LogP contribution in [0, 0.1) is 16.0 Å². The largest absolute Gasteiger partial charge is 0.493 e. The van der Waals surface area contributed by atoms with Crippen LogP contribution in [-0.4, -0.2) is 56.0 Å². The van der Waals surface area contributed by atoms with Gasteiger partial charge in [0.1, 0.15) is 0 Å². The molecule has 0 radical (unpaired) electrons. The van der Waals surface area contributed by atoms with Crippen LogP contribution >= 0.6 is 0 Å². The van der Waals surface area contributed by atoms with Gasteiger partial charge in [-0.3, -0.25) is 19.7 Å². The van der Waals surface area contributed by atoms with Crippen molar-refractivity contribution in [1.29, 1.82) is 0 Å². The van der Waals surface area contributed by atoms with Gasteiger partial charge < -0.3 is 19.7 Å². The number of nitrogens with one attached hydrogen (secondary N) is 1. The summed E-state index contributed by atoms with van der Waals surface area (Å²) in [6.07, 6.45) is 0.456. The summed E-state index contributed by atoms with van der Waals surface area (Å²) in [6.45, 7) is 0.616. The van der Waals surface area contributed by atoms with Gasteiger partial charge in [-0.25, -0.2) is 0 Å². The molecule has 0 aromatic heterocycles. The minimum atomic E-state index is -0.496. The SMILES string of the molecule is COc1cc(CCNC(=O)[C@H]2CC(=O)N(C)C2)c([N+](=O)[O-])cc1OC. The molecule has 2 rings (SSSR count). The third kappa shape index (κ3) is 4.17. The van der Waals surface area contributed by atoms with E-state index < -0.39 is 4.92 Å². The van der Waals surface area contributed by atoms with Crippen LogP contribution in [0.3, 0.4) is 0 Å².